The van der Waals surface area contributed by atoms with Gasteiger partial charge in [0.15, 0.2) is 6.29 Å². The minimum Gasteiger partial charge on any atom is -0.444 e. The van der Waals surface area contributed by atoms with E-state index in [1.54, 1.807) is 20.8 Å². The highest BCUT2D eigenvalue weighted by Gasteiger charge is 2.39. The van der Waals surface area contributed by atoms with E-state index in [0.29, 0.717) is 6.29 Å². The van der Waals surface area contributed by atoms with Crippen LogP contribution in [0.2, 0.25) is 0 Å². The standard InChI is InChI=1S/C14H19FN2O3/c1-13(2,3)20-12(19)17(5)14(4,9-18)11-10(15)7-6-8-16-11/h6-9H,1-5H3. The predicted molar refractivity (Wildman–Crippen MR) is 71.6 cm³/mol. The van der Waals surface area contributed by atoms with E-state index in [4.69, 9.17) is 4.74 Å². The number of hydrogen-bond acceptors (Lipinski definition) is 4. The first kappa shape index (κ1) is 16.1. The second-order valence-electron chi connectivity index (χ2n) is 5.64. The third-order valence-electron chi connectivity index (χ3n) is 2.83. The minimum atomic E-state index is -1.53. The Kier molecular flexibility index (Phi) is 4.47. The number of rotatable bonds is 3. The fraction of sp³-hybridized carbons (Fsp3) is 0.500. The van der Waals surface area contributed by atoms with Crippen molar-refractivity contribution in [3.8, 4) is 0 Å². The van der Waals surface area contributed by atoms with Gasteiger partial charge in [-0.25, -0.2) is 9.18 Å². The monoisotopic (exact) mass is 282 g/mol. The summed E-state index contributed by atoms with van der Waals surface area (Å²) in [4.78, 5) is 28.4. The number of aromatic nitrogens is 1. The van der Waals surface area contributed by atoms with Gasteiger partial charge in [-0.05, 0) is 39.8 Å². The Morgan fingerprint density at radius 3 is 2.45 bits per heavy atom. The van der Waals surface area contributed by atoms with Crippen LogP contribution in [0.25, 0.3) is 0 Å². The quantitative estimate of drug-likeness (QED) is 0.799. The molecule has 110 valence electrons. The molecule has 0 fully saturated rings. The fourth-order valence-corrected chi connectivity index (χ4v) is 1.57. The van der Waals surface area contributed by atoms with Gasteiger partial charge >= 0.3 is 6.09 Å². The normalized spacial score (nSPS) is 14.3. The smallest absolute Gasteiger partial charge is 0.411 e. The predicted octanol–water partition coefficient (Wildman–Crippen LogP) is 2.50. The molecule has 0 spiro atoms. The molecule has 0 aromatic carbocycles. The second kappa shape index (κ2) is 5.56. The largest absolute Gasteiger partial charge is 0.444 e. The van der Waals surface area contributed by atoms with Crippen molar-refractivity contribution in [3.63, 3.8) is 0 Å². The summed E-state index contributed by atoms with van der Waals surface area (Å²) < 4.78 is 19.0. The Morgan fingerprint density at radius 2 is 2.00 bits per heavy atom. The number of amides is 1. The lowest BCUT2D eigenvalue weighted by atomic mass is 9.97. The van der Waals surface area contributed by atoms with Crippen LogP contribution in [0, 0.1) is 5.82 Å². The summed E-state index contributed by atoms with van der Waals surface area (Å²) in [6, 6.07) is 2.60. The van der Waals surface area contributed by atoms with Crippen molar-refractivity contribution >= 4 is 12.4 Å². The van der Waals surface area contributed by atoms with Crippen LogP contribution in [0.15, 0.2) is 18.3 Å². The summed E-state index contributed by atoms with van der Waals surface area (Å²) in [6.45, 7) is 6.53. The van der Waals surface area contributed by atoms with Gasteiger partial charge in [0.1, 0.15) is 22.7 Å². The molecular formula is C14H19FN2O3. The first-order valence-corrected chi connectivity index (χ1v) is 6.16. The maximum absolute atomic E-state index is 13.8. The van der Waals surface area contributed by atoms with E-state index >= 15 is 0 Å². The maximum Gasteiger partial charge on any atom is 0.411 e. The highest BCUT2D eigenvalue weighted by molar-refractivity contribution is 5.77. The average molecular weight is 282 g/mol. The summed E-state index contributed by atoms with van der Waals surface area (Å²) in [5.74, 6) is -0.655. The molecule has 5 nitrogen and oxygen atoms in total. The van der Waals surface area contributed by atoms with E-state index in [1.807, 2.05) is 0 Å². The van der Waals surface area contributed by atoms with E-state index < -0.39 is 23.1 Å². The molecule has 1 aromatic heterocycles. The molecule has 0 aliphatic carbocycles. The van der Waals surface area contributed by atoms with Gasteiger partial charge in [0.2, 0.25) is 0 Å². The van der Waals surface area contributed by atoms with Crippen LogP contribution in [-0.2, 0) is 15.1 Å². The molecule has 1 unspecified atom stereocenters. The van der Waals surface area contributed by atoms with E-state index in [9.17, 15) is 14.0 Å². The Labute approximate surface area is 117 Å². The van der Waals surface area contributed by atoms with Crippen LogP contribution in [-0.4, -0.2) is 34.9 Å². The molecule has 0 N–H and O–H groups in total. The molecule has 1 heterocycles. The lowest BCUT2D eigenvalue weighted by Gasteiger charge is -2.34. The molecule has 20 heavy (non-hydrogen) atoms. The van der Waals surface area contributed by atoms with Gasteiger partial charge in [-0.2, -0.15) is 0 Å². The molecule has 1 atom stereocenters. The Morgan fingerprint density at radius 1 is 1.40 bits per heavy atom. The van der Waals surface area contributed by atoms with Gasteiger partial charge in [-0.15, -0.1) is 0 Å². The van der Waals surface area contributed by atoms with Crippen molar-refractivity contribution < 1.29 is 18.7 Å². The Hall–Kier alpha value is -1.98. The molecule has 1 rings (SSSR count). The zero-order valence-corrected chi connectivity index (χ0v) is 12.3. The van der Waals surface area contributed by atoms with E-state index in [1.165, 1.54) is 32.3 Å². The molecule has 0 radical (unpaired) electrons. The maximum atomic E-state index is 13.8. The Balaban J connectivity index is 3.14. The molecule has 0 saturated heterocycles. The van der Waals surface area contributed by atoms with E-state index in [2.05, 4.69) is 4.98 Å². The Bertz CT molecular complexity index is 513. The van der Waals surface area contributed by atoms with Gasteiger partial charge < -0.3 is 9.53 Å². The number of carbonyl (C=O) groups is 2. The summed E-state index contributed by atoms with van der Waals surface area (Å²) in [5.41, 5.74) is -2.37. The highest BCUT2D eigenvalue weighted by atomic mass is 19.1. The molecule has 0 aliphatic rings. The van der Waals surface area contributed by atoms with Crippen molar-refractivity contribution in [3.05, 3.63) is 29.8 Å². The molecule has 0 saturated carbocycles. The topological polar surface area (TPSA) is 59.5 Å². The summed E-state index contributed by atoms with van der Waals surface area (Å²) in [6.07, 6.45) is 1.11. The van der Waals surface area contributed by atoms with Crippen LogP contribution in [0.1, 0.15) is 33.4 Å². The lowest BCUT2D eigenvalue weighted by molar-refractivity contribution is -0.117. The van der Waals surface area contributed by atoms with Gasteiger partial charge in [0.05, 0.1) is 0 Å². The number of likely N-dealkylation sites (N-methyl/N-ethyl adjacent to an activating group) is 1. The number of hydrogen-bond donors (Lipinski definition) is 0. The lowest BCUT2D eigenvalue weighted by Crippen LogP contribution is -2.49. The van der Waals surface area contributed by atoms with Crippen molar-refractivity contribution in [1.29, 1.82) is 0 Å². The second-order valence-corrected chi connectivity index (χ2v) is 5.64. The van der Waals surface area contributed by atoms with E-state index in [0.717, 1.165) is 4.90 Å². The molecule has 6 heteroatoms. The summed E-state index contributed by atoms with van der Waals surface area (Å²) in [7, 11) is 1.37. The molecule has 0 aliphatic heterocycles. The van der Waals surface area contributed by atoms with Gasteiger partial charge in [0.25, 0.3) is 0 Å². The zero-order valence-electron chi connectivity index (χ0n) is 12.3. The first-order valence-electron chi connectivity index (χ1n) is 6.16. The number of halogens is 1. The molecule has 1 amide bonds. The third-order valence-corrected chi connectivity index (χ3v) is 2.83. The summed E-state index contributed by atoms with van der Waals surface area (Å²) >= 11 is 0. The van der Waals surface area contributed by atoms with Crippen LogP contribution in [0.5, 0.6) is 0 Å². The van der Waals surface area contributed by atoms with Gasteiger partial charge in [0, 0.05) is 13.2 Å². The van der Waals surface area contributed by atoms with Crippen LogP contribution >= 0.6 is 0 Å². The number of nitrogens with zero attached hydrogens (tertiary/aromatic N) is 2. The number of carbonyl (C=O) groups excluding carboxylic acids is 2. The van der Waals surface area contributed by atoms with Crippen molar-refractivity contribution in [2.75, 3.05) is 7.05 Å². The van der Waals surface area contributed by atoms with Crippen molar-refractivity contribution in [1.82, 2.24) is 9.88 Å². The van der Waals surface area contributed by atoms with Crippen molar-refractivity contribution in [2.45, 2.75) is 38.8 Å². The molecular weight excluding hydrogens is 263 g/mol. The van der Waals surface area contributed by atoms with Crippen LogP contribution in [0.3, 0.4) is 0 Å². The fourth-order valence-electron chi connectivity index (χ4n) is 1.57. The third kappa shape index (κ3) is 3.31. The van der Waals surface area contributed by atoms with Gasteiger partial charge in [-0.3, -0.25) is 9.88 Å². The number of aldehydes is 1. The number of pyridine rings is 1. The molecule has 1 aromatic rings. The molecule has 0 bridgehead atoms. The summed E-state index contributed by atoms with van der Waals surface area (Å²) in [5, 5.41) is 0. The van der Waals surface area contributed by atoms with E-state index in [-0.39, 0.29) is 5.69 Å². The van der Waals surface area contributed by atoms with Gasteiger partial charge in [-0.1, -0.05) is 0 Å². The first-order chi connectivity index (χ1) is 9.12. The SMILES string of the molecule is CN(C(=O)OC(C)(C)C)C(C)(C=O)c1ncccc1F. The number of ether oxygens (including phenoxy) is 1. The van der Waals surface area contributed by atoms with Crippen molar-refractivity contribution in [2.24, 2.45) is 0 Å². The minimum absolute atomic E-state index is 0.122. The van der Waals surface area contributed by atoms with Crippen LogP contribution < -0.4 is 0 Å². The van der Waals surface area contributed by atoms with Crippen LogP contribution in [0.4, 0.5) is 9.18 Å². The average Bonchev–Trinajstić information content (AvgIpc) is 2.35. The highest BCUT2D eigenvalue weighted by Crippen LogP contribution is 2.27. The zero-order chi connectivity index (χ0) is 15.6.